The van der Waals surface area contributed by atoms with Gasteiger partial charge in [0.1, 0.15) is 16.7 Å². The molecule has 0 fully saturated rings. The van der Waals surface area contributed by atoms with E-state index in [0.29, 0.717) is 0 Å². The molecule has 0 spiro atoms. The Kier molecular flexibility index (Phi) is 19.0. The zero-order valence-electron chi connectivity index (χ0n) is 77.7. The van der Waals surface area contributed by atoms with Crippen LogP contribution in [0.2, 0.25) is 0 Å². The number of fused-ring (bicyclic) bond motifs is 27. The molecule has 0 bridgehead atoms. The van der Waals surface area contributed by atoms with Gasteiger partial charge >= 0.3 is 0 Å². The molecule has 0 amide bonds. The van der Waals surface area contributed by atoms with Gasteiger partial charge in [-0.3, -0.25) is 0 Å². The van der Waals surface area contributed by atoms with Crippen molar-refractivity contribution in [3.05, 3.63) is 478 Å². The first-order valence-corrected chi connectivity index (χ1v) is 51.2. The van der Waals surface area contributed by atoms with Gasteiger partial charge in [0.15, 0.2) is 16.7 Å². The van der Waals surface area contributed by atoms with E-state index in [1.54, 1.807) is 0 Å². The smallest absolute Gasteiger partial charge is 0.159 e. The number of aryl methyl sites for hydroxylation is 2. The summed E-state index contributed by atoms with van der Waals surface area (Å²) in [6.45, 7) is 4.33. The molecule has 9 heteroatoms. The predicted molar refractivity (Wildman–Crippen MR) is 610 cm³/mol. The summed E-state index contributed by atoms with van der Waals surface area (Å²) in [6, 6.07) is 169. The SMILES string of the molecule is Cc1ccc2c(c1)c1cc(C)ccc1n2-c1cccc2c1oc1cccc(-c3cccc4sc5ccccc5c34)c12.c1ccc(-c2ccc3c(c2)c2cc(-c4ccccc4)ccc2n3-c2cccc3c2oc2cccc(-c4ccc5c(c4)sc4ccccc45)c23)cc1.c1ccc(-c2ccc3c(c2)c2cc(-c4ccccc4)ccc2n3-c2cccc3c2oc2cccc(-c4cccc5c4sc4ccccc45)c23)cc1. The summed E-state index contributed by atoms with van der Waals surface area (Å²) in [5.74, 6) is 0. The lowest BCUT2D eigenvalue weighted by Gasteiger charge is -2.10. The van der Waals surface area contributed by atoms with Crippen molar-refractivity contribution >= 4 is 226 Å². The Bertz CT molecular complexity index is 10400. The maximum absolute atomic E-state index is 6.91. The van der Waals surface area contributed by atoms with Gasteiger partial charge < -0.3 is 27.0 Å². The van der Waals surface area contributed by atoms with Crippen LogP contribution in [0.1, 0.15) is 11.1 Å². The van der Waals surface area contributed by atoms with Crippen molar-refractivity contribution in [2.24, 2.45) is 0 Å². The van der Waals surface area contributed by atoms with Crippen LogP contribution in [-0.2, 0) is 0 Å². The van der Waals surface area contributed by atoms with E-state index in [1.807, 2.05) is 34.0 Å². The van der Waals surface area contributed by atoms with E-state index >= 15 is 0 Å². The van der Waals surface area contributed by atoms with Gasteiger partial charge in [-0.2, -0.15) is 0 Å². The highest BCUT2D eigenvalue weighted by molar-refractivity contribution is 7.27. The summed E-state index contributed by atoms with van der Waals surface area (Å²) in [4.78, 5) is 0. The third-order valence-corrected chi connectivity index (χ3v) is 32.8. The molecule has 31 rings (SSSR count). The number of rotatable bonds is 10. The maximum atomic E-state index is 6.91. The van der Waals surface area contributed by atoms with E-state index in [0.717, 1.165) is 99.6 Å². The van der Waals surface area contributed by atoms with E-state index in [-0.39, 0.29) is 0 Å². The topological polar surface area (TPSA) is 54.2 Å². The van der Waals surface area contributed by atoms with E-state index in [1.165, 1.54) is 198 Å². The first kappa shape index (κ1) is 82.4. The fraction of sp³-hybridized carbons (Fsp3) is 0.0149. The molecule has 0 aliphatic carbocycles. The highest BCUT2D eigenvalue weighted by atomic mass is 32.1. The van der Waals surface area contributed by atoms with Crippen LogP contribution >= 0.6 is 34.0 Å². The Hall–Kier alpha value is -17.7. The van der Waals surface area contributed by atoms with Crippen molar-refractivity contribution in [3.63, 3.8) is 0 Å². The molecule has 0 atom stereocenters. The third-order valence-electron chi connectivity index (χ3n) is 29.3. The molecular weight excluding hydrogens is 1800 g/mol. The molecule has 670 valence electrons. The molecule has 0 aliphatic heterocycles. The van der Waals surface area contributed by atoms with Gasteiger partial charge in [-0.05, 0) is 226 Å². The van der Waals surface area contributed by atoms with E-state index < -0.39 is 0 Å². The monoisotopic (exact) mass is 1880 g/mol. The number of hydrogen-bond donors (Lipinski definition) is 0. The average Bonchev–Trinajstić information content (AvgIpc) is 1.57. The molecule has 9 aromatic heterocycles. The van der Waals surface area contributed by atoms with Crippen LogP contribution in [0.4, 0.5) is 0 Å². The van der Waals surface area contributed by atoms with Crippen molar-refractivity contribution in [3.8, 4) is 95.0 Å². The Balaban J connectivity index is 0.000000103. The molecule has 0 saturated heterocycles. The maximum Gasteiger partial charge on any atom is 0.159 e. The molecular formula is C134H83N3O3S3. The molecule has 6 nitrogen and oxygen atoms in total. The number of aromatic nitrogens is 3. The Morgan fingerprint density at radius 2 is 0.462 bits per heavy atom. The minimum absolute atomic E-state index is 0.890. The fourth-order valence-electron chi connectivity index (χ4n) is 22.9. The summed E-state index contributed by atoms with van der Waals surface area (Å²) in [5, 5.41) is 22.1. The minimum atomic E-state index is 0.890. The first-order chi connectivity index (χ1) is 70.7. The van der Waals surface area contributed by atoms with Crippen LogP contribution in [0.3, 0.4) is 0 Å². The van der Waals surface area contributed by atoms with Crippen LogP contribution in [0.15, 0.2) is 480 Å². The number of para-hydroxylation sites is 3. The standard InChI is InChI=1S/2C48H29NOS.C38H25NOS/c1-3-12-30(13-4-1)32-24-26-41-39(28-32)40-29-33(31-14-5-2-6-15-31)25-27-42(40)49(41)43-21-10-20-38-46-35(17-11-22-44(46)50-47(38)43)37-19-9-18-36-34-16-7-8-23-45(34)51-48(36)37;1-3-11-30(12-4-1)32-22-25-41-39(27-32)40-28-33(31-13-5-2-6-14-31)23-26-42(40)49(41)43-18-9-17-38-47-35(16-10-19-44(47)50-48(38)43)34-21-24-37-36-15-7-8-20-45(36)51-46(37)29-34;1-22-16-18-30-28(20-22)29-21-23(2)17-19-31(29)39(30)32-12-5-11-27-36-24(9-6-13-33(36)40-38(27)32)25-10-7-15-35-37(25)26-8-3-4-14-34(26)41-35/h2*1-29H;3-21H,1-2H3. The lowest BCUT2D eigenvalue weighted by Crippen LogP contribution is -1.94. The summed E-state index contributed by atoms with van der Waals surface area (Å²) in [5.41, 5.74) is 35.0. The minimum Gasteiger partial charge on any atom is -0.454 e. The quantitative estimate of drug-likeness (QED) is 0.137. The molecule has 0 saturated carbocycles. The first-order valence-electron chi connectivity index (χ1n) is 48.7. The molecule has 0 N–H and O–H groups in total. The molecule has 0 radical (unpaired) electrons. The lowest BCUT2D eigenvalue weighted by atomic mass is 9.95. The van der Waals surface area contributed by atoms with Crippen LogP contribution in [0.25, 0.3) is 287 Å². The number of thiophene rings is 3. The average molecular weight is 1880 g/mol. The fourth-order valence-corrected chi connectivity index (χ4v) is 26.4. The molecule has 31 aromatic rings. The largest absolute Gasteiger partial charge is 0.454 e. The summed E-state index contributed by atoms with van der Waals surface area (Å²) in [7, 11) is 0. The highest BCUT2D eigenvalue weighted by Crippen LogP contribution is 2.52. The van der Waals surface area contributed by atoms with Gasteiger partial charge in [0.05, 0.1) is 50.2 Å². The van der Waals surface area contributed by atoms with Gasteiger partial charge in [-0.15, -0.1) is 34.0 Å². The van der Waals surface area contributed by atoms with Crippen molar-refractivity contribution in [2.45, 2.75) is 13.8 Å². The zero-order chi connectivity index (χ0) is 94.2. The Morgan fingerprint density at radius 1 is 0.168 bits per heavy atom. The van der Waals surface area contributed by atoms with Gasteiger partial charge in [0.2, 0.25) is 0 Å². The van der Waals surface area contributed by atoms with Gasteiger partial charge in [-0.25, -0.2) is 0 Å². The second-order valence-electron chi connectivity index (χ2n) is 37.6. The Morgan fingerprint density at radius 3 is 0.909 bits per heavy atom. The van der Waals surface area contributed by atoms with Gasteiger partial charge in [0, 0.05) is 131 Å². The number of furan rings is 3. The van der Waals surface area contributed by atoms with Crippen molar-refractivity contribution in [2.75, 3.05) is 0 Å². The van der Waals surface area contributed by atoms with Crippen molar-refractivity contribution in [1.82, 2.24) is 13.7 Å². The zero-order valence-corrected chi connectivity index (χ0v) is 80.2. The molecule has 0 aliphatic rings. The highest BCUT2D eigenvalue weighted by Gasteiger charge is 2.28. The summed E-state index contributed by atoms with van der Waals surface area (Å²) in [6.07, 6.45) is 0. The third kappa shape index (κ3) is 13.3. The van der Waals surface area contributed by atoms with E-state index in [9.17, 15) is 0 Å². The van der Waals surface area contributed by atoms with Crippen LogP contribution in [0.5, 0.6) is 0 Å². The van der Waals surface area contributed by atoms with Crippen molar-refractivity contribution < 1.29 is 13.3 Å². The van der Waals surface area contributed by atoms with Crippen LogP contribution in [0, 0.1) is 13.8 Å². The van der Waals surface area contributed by atoms with Crippen LogP contribution in [-0.4, -0.2) is 13.7 Å². The molecule has 0 unspecified atom stereocenters. The number of nitrogens with zero attached hydrogens (tertiary/aromatic N) is 3. The van der Waals surface area contributed by atoms with Gasteiger partial charge in [0.25, 0.3) is 0 Å². The lowest BCUT2D eigenvalue weighted by molar-refractivity contribution is 0.666. The normalized spacial score (nSPS) is 12.0. The second kappa shape index (κ2) is 33.0. The number of benzene rings is 22. The predicted octanol–water partition coefficient (Wildman–Crippen LogP) is 39.4. The Labute approximate surface area is 833 Å². The van der Waals surface area contributed by atoms with Gasteiger partial charge in [-0.1, -0.05) is 339 Å². The number of hydrogen-bond acceptors (Lipinski definition) is 6. The molecule has 9 heterocycles. The summed E-state index contributed by atoms with van der Waals surface area (Å²) < 4.78 is 35.6. The molecule has 143 heavy (non-hydrogen) atoms. The van der Waals surface area contributed by atoms with Crippen LogP contribution < -0.4 is 0 Å². The van der Waals surface area contributed by atoms with E-state index in [4.69, 9.17) is 13.3 Å². The van der Waals surface area contributed by atoms with Crippen molar-refractivity contribution in [1.29, 1.82) is 0 Å². The van der Waals surface area contributed by atoms with E-state index in [2.05, 4.69) is 495 Å². The molecule has 22 aromatic carbocycles. The summed E-state index contributed by atoms with van der Waals surface area (Å²) >= 11 is 5.58. The second-order valence-corrected chi connectivity index (χ2v) is 40.8.